The second kappa shape index (κ2) is 7.18. The number of aromatic amines is 2. The number of nitrogens with zero attached hydrogens (tertiary/aromatic N) is 1. The van der Waals surface area contributed by atoms with Gasteiger partial charge in [-0.25, -0.2) is 8.78 Å². The molecular weight excluding hydrogens is 426 g/mol. The van der Waals surface area contributed by atoms with Crippen LogP contribution < -0.4 is 10.9 Å². The maximum absolute atomic E-state index is 14.1. The average Bonchev–Trinajstić information content (AvgIpc) is 3.19. The molecule has 0 radical (unpaired) electrons. The van der Waals surface area contributed by atoms with Crippen molar-refractivity contribution in [1.82, 2.24) is 20.2 Å². The van der Waals surface area contributed by atoms with Crippen LogP contribution in [-0.4, -0.2) is 34.4 Å². The third-order valence-electron chi connectivity index (χ3n) is 5.79. The van der Waals surface area contributed by atoms with Gasteiger partial charge in [-0.15, -0.1) is 0 Å². The van der Waals surface area contributed by atoms with Crippen LogP contribution in [0.4, 0.5) is 8.78 Å². The molecule has 4 aromatic rings. The molecule has 0 saturated heterocycles. The van der Waals surface area contributed by atoms with E-state index in [0.29, 0.717) is 40.4 Å². The summed E-state index contributed by atoms with van der Waals surface area (Å²) in [7, 11) is 1.63. The zero-order valence-electron chi connectivity index (χ0n) is 16.4. The van der Waals surface area contributed by atoms with E-state index in [-0.39, 0.29) is 11.3 Å². The van der Waals surface area contributed by atoms with Gasteiger partial charge >= 0.3 is 0 Å². The van der Waals surface area contributed by atoms with E-state index in [2.05, 4.69) is 15.3 Å². The van der Waals surface area contributed by atoms with E-state index in [9.17, 15) is 18.4 Å². The molecule has 3 N–H and O–H groups in total. The topological polar surface area (TPSA) is 81.0 Å². The number of hydrogen-bond acceptors (Lipinski definition) is 3. The number of benzene rings is 2. The van der Waals surface area contributed by atoms with Gasteiger partial charge in [0.1, 0.15) is 5.69 Å². The number of halogens is 3. The predicted molar refractivity (Wildman–Crippen MR) is 114 cm³/mol. The molecule has 1 aliphatic rings. The number of nitrogens with one attached hydrogen (secondary N) is 3. The van der Waals surface area contributed by atoms with Gasteiger partial charge in [0, 0.05) is 47.3 Å². The Hall–Kier alpha value is -3.23. The van der Waals surface area contributed by atoms with Gasteiger partial charge in [0.2, 0.25) is 0 Å². The number of hydrogen-bond donors (Lipinski definition) is 3. The van der Waals surface area contributed by atoms with Gasteiger partial charge in [-0.1, -0.05) is 17.7 Å². The van der Waals surface area contributed by atoms with Gasteiger partial charge in [0.15, 0.2) is 11.6 Å². The Labute approximate surface area is 179 Å². The fraction of sp³-hybridized carbons (Fsp3) is 0.182. The average molecular weight is 443 g/mol. The second-order valence-electron chi connectivity index (χ2n) is 7.61. The number of H-pyrrole nitrogens is 2. The highest BCUT2D eigenvalue weighted by Crippen LogP contribution is 2.33. The molecule has 5 rings (SSSR count). The van der Waals surface area contributed by atoms with E-state index in [4.69, 9.17) is 11.6 Å². The quantitative estimate of drug-likeness (QED) is 0.441. The van der Waals surface area contributed by atoms with Crippen molar-refractivity contribution in [3.63, 3.8) is 0 Å². The number of carbonyl (C=O) groups is 1. The third kappa shape index (κ3) is 3.10. The molecule has 9 heteroatoms. The Kier molecular flexibility index (Phi) is 4.56. The van der Waals surface area contributed by atoms with Crippen LogP contribution in [0.25, 0.3) is 21.7 Å². The molecular formula is C22H17ClF2N4O2. The van der Waals surface area contributed by atoms with E-state index < -0.39 is 23.2 Å². The van der Waals surface area contributed by atoms with Crippen molar-refractivity contribution in [2.75, 3.05) is 13.6 Å². The lowest BCUT2D eigenvalue weighted by molar-refractivity contribution is 0.0718. The fourth-order valence-corrected chi connectivity index (χ4v) is 4.47. The van der Waals surface area contributed by atoms with Crippen LogP contribution in [0.5, 0.6) is 0 Å². The lowest BCUT2D eigenvalue weighted by atomic mass is 9.93. The van der Waals surface area contributed by atoms with Crippen LogP contribution in [0, 0.1) is 11.6 Å². The molecule has 0 unspecified atom stereocenters. The Morgan fingerprint density at radius 1 is 1.10 bits per heavy atom. The summed E-state index contributed by atoms with van der Waals surface area (Å²) in [6.07, 6.45) is 0. The molecule has 1 aliphatic heterocycles. The lowest BCUT2D eigenvalue weighted by Gasteiger charge is -2.34. The normalized spacial score (nSPS) is 15.9. The fourth-order valence-electron chi connectivity index (χ4n) is 4.24. The van der Waals surface area contributed by atoms with Crippen molar-refractivity contribution in [2.45, 2.75) is 12.6 Å². The van der Waals surface area contributed by atoms with Gasteiger partial charge in [-0.3, -0.25) is 9.59 Å². The SMILES string of the molecule is CN(C(=O)c1cc2c(Cl)cccc2[nH]1)[C@@H]1CNCc2[nH]c(=O)c3cc(F)c(F)cc3c21. The number of aromatic nitrogens is 2. The first-order chi connectivity index (χ1) is 14.8. The van der Waals surface area contributed by atoms with Crippen molar-refractivity contribution < 1.29 is 13.6 Å². The predicted octanol–water partition coefficient (Wildman–Crippen LogP) is 3.86. The standard InChI is InChI=1S/C22H17ClF2N4O2/c1-29(22(31)17-7-12-13(23)3-2-4-16(12)27-17)19-9-26-8-18-20(19)10-5-14(24)15(25)6-11(10)21(30)28-18/h2-7,19,26-27H,8-9H2,1H3,(H,28,30)/t19-/m1/s1. The number of carbonyl (C=O) groups excluding carboxylic acids is 1. The van der Waals surface area contributed by atoms with Gasteiger partial charge < -0.3 is 20.2 Å². The Morgan fingerprint density at radius 3 is 2.58 bits per heavy atom. The minimum atomic E-state index is -1.09. The van der Waals surface area contributed by atoms with Gasteiger partial charge in [0.05, 0.1) is 11.4 Å². The van der Waals surface area contributed by atoms with E-state index >= 15 is 0 Å². The smallest absolute Gasteiger partial charge is 0.270 e. The largest absolute Gasteiger partial charge is 0.350 e. The summed E-state index contributed by atoms with van der Waals surface area (Å²) < 4.78 is 27.8. The van der Waals surface area contributed by atoms with Crippen molar-refractivity contribution in [3.05, 3.63) is 80.4 Å². The molecule has 2 aromatic heterocycles. The maximum Gasteiger partial charge on any atom is 0.270 e. The van der Waals surface area contributed by atoms with Crippen molar-refractivity contribution in [2.24, 2.45) is 0 Å². The molecule has 0 spiro atoms. The molecule has 3 heterocycles. The molecule has 6 nitrogen and oxygen atoms in total. The number of amides is 1. The van der Waals surface area contributed by atoms with Crippen LogP contribution in [0.1, 0.15) is 27.8 Å². The summed E-state index contributed by atoms with van der Waals surface area (Å²) in [4.78, 5) is 33.0. The summed E-state index contributed by atoms with van der Waals surface area (Å²) in [6.45, 7) is 0.733. The van der Waals surface area contributed by atoms with Crippen molar-refractivity contribution in [3.8, 4) is 0 Å². The second-order valence-corrected chi connectivity index (χ2v) is 8.01. The minimum Gasteiger partial charge on any atom is -0.350 e. The van der Waals surface area contributed by atoms with Gasteiger partial charge in [0.25, 0.3) is 11.5 Å². The molecule has 1 atom stereocenters. The molecule has 0 aliphatic carbocycles. The molecule has 2 aromatic carbocycles. The zero-order valence-corrected chi connectivity index (χ0v) is 17.1. The molecule has 1 amide bonds. The summed E-state index contributed by atoms with van der Waals surface area (Å²) in [6, 6.07) is 8.45. The number of rotatable bonds is 2. The van der Waals surface area contributed by atoms with Crippen LogP contribution in [0.2, 0.25) is 5.02 Å². The van der Waals surface area contributed by atoms with Crippen molar-refractivity contribution in [1.29, 1.82) is 0 Å². The maximum atomic E-state index is 14.1. The number of fused-ring (bicyclic) bond motifs is 4. The molecule has 31 heavy (non-hydrogen) atoms. The molecule has 0 fully saturated rings. The zero-order chi connectivity index (χ0) is 21.9. The molecule has 0 saturated carbocycles. The van der Waals surface area contributed by atoms with Crippen molar-refractivity contribution >= 4 is 39.2 Å². The molecule has 0 bridgehead atoms. The highest BCUT2D eigenvalue weighted by molar-refractivity contribution is 6.35. The van der Waals surface area contributed by atoms with E-state index in [1.807, 2.05) is 6.07 Å². The summed E-state index contributed by atoms with van der Waals surface area (Å²) in [5, 5.41) is 4.77. The molecule has 158 valence electrons. The Balaban J connectivity index is 1.62. The summed E-state index contributed by atoms with van der Waals surface area (Å²) >= 11 is 6.22. The van der Waals surface area contributed by atoms with Crippen LogP contribution >= 0.6 is 11.6 Å². The first-order valence-corrected chi connectivity index (χ1v) is 10.0. The first-order valence-electron chi connectivity index (χ1n) is 9.64. The first kappa shape index (κ1) is 19.7. The number of pyridine rings is 1. The van der Waals surface area contributed by atoms with Gasteiger partial charge in [-0.05, 0) is 35.7 Å². The Morgan fingerprint density at radius 2 is 1.84 bits per heavy atom. The van der Waals surface area contributed by atoms with Crippen LogP contribution in [0.3, 0.4) is 0 Å². The summed E-state index contributed by atoms with van der Waals surface area (Å²) in [5.41, 5.74) is 1.72. The minimum absolute atomic E-state index is 0.0443. The number of likely N-dealkylation sites (N-methyl/N-ethyl adjacent to an activating group) is 1. The summed E-state index contributed by atoms with van der Waals surface area (Å²) in [5.74, 6) is -2.44. The highest BCUT2D eigenvalue weighted by Gasteiger charge is 2.31. The third-order valence-corrected chi connectivity index (χ3v) is 6.12. The van der Waals surface area contributed by atoms with Crippen LogP contribution in [-0.2, 0) is 6.54 Å². The highest BCUT2D eigenvalue weighted by atomic mass is 35.5. The van der Waals surface area contributed by atoms with Gasteiger partial charge in [-0.2, -0.15) is 0 Å². The van der Waals surface area contributed by atoms with E-state index in [1.165, 1.54) is 4.90 Å². The van der Waals surface area contributed by atoms with E-state index in [1.54, 1.807) is 25.2 Å². The monoisotopic (exact) mass is 442 g/mol. The van der Waals surface area contributed by atoms with Crippen LogP contribution in [0.15, 0.2) is 41.2 Å². The Bertz CT molecular complexity index is 1430. The lowest BCUT2D eigenvalue weighted by Crippen LogP contribution is -2.42. The van der Waals surface area contributed by atoms with E-state index in [0.717, 1.165) is 23.0 Å².